The Hall–Kier alpha value is 0.180. The average molecular weight is 278 g/mol. The van der Waals surface area contributed by atoms with Crippen molar-refractivity contribution in [2.75, 3.05) is 5.33 Å². The van der Waals surface area contributed by atoms with E-state index in [9.17, 15) is 0 Å². The van der Waals surface area contributed by atoms with Gasteiger partial charge in [-0.25, -0.2) is 0 Å². The van der Waals surface area contributed by atoms with Crippen molar-refractivity contribution >= 4 is 31.9 Å². The Balaban J connectivity index is 2.66. The van der Waals surface area contributed by atoms with Crippen LogP contribution < -0.4 is 0 Å². The van der Waals surface area contributed by atoms with Crippen LogP contribution in [0.5, 0.6) is 0 Å². The lowest BCUT2D eigenvalue weighted by molar-refractivity contribution is 1.16. The summed E-state index contributed by atoms with van der Waals surface area (Å²) in [6, 6.07) is 8.68. The molecule has 0 unspecified atom stereocenters. The first kappa shape index (κ1) is 9.27. The summed E-state index contributed by atoms with van der Waals surface area (Å²) in [5, 5.41) is 1.99. The predicted molar refractivity (Wildman–Crippen MR) is 56.6 cm³/mol. The Kier molecular flexibility index (Phi) is 4.16. The first-order chi connectivity index (χ1) is 5.36. The fraction of sp³-hybridized carbons (Fsp3) is 0.333. The molecular weight excluding hydrogens is 268 g/mol. The molecule has 0 bridgehead atoms. The standard InChI is InChI=1S/C9H10Br2/c10-6-5-8-1-3-9(7-11)4-2-8/h1-4H,5-7H2. The molecule has 0 heterocycles. The minimum Gasteiger partial charge on any atom is -0.0924 e. The van der Waals surface area contributed by atoms with Crippen LogP contribution in [0.4, 0.5) is 0 Å². The molecule has 0 aliphatic heterocycles. The van der Waals surface area contributed by atoms with E-state index in [2.05, 4.69) is 56.1 Å². The molecule has 0 atom stereocenters. The maximum Gasteiger partial charge on any atom is 0.0283 e. The van der Waals surface area contributed by atoms with Crippen molar-refractivity contribution in [1.29, 1.82) is 0 Å². The van der Waals surface area contributed by atoms with Crippen LogP contribution in [0.3, 0.4) is 0 Å². The first-order valence-electron chi connectivity index (χ1n) is 3.56. The SMILES string of the molecule is BrCCc1ccc(CBr)cc1. The van der Waals surface area contributed by atoms with Gasteiger partial charge < -0.3 is 0 Å². The van der Waals surface area contributed by atoms with Crippen LogP contribution in [0.1, 0.15) is 11.1 Å². The molecule has 60 valence electrons. The van der Waals surface area contributed by atoms with E-state index >= 15 is 0 Å². The predicted octanol–water partition coefficient (Wildman–Crippen LogP) is 3.52. The number of alkyl halides is 2. The summed E-state index contributed by atoms with van der Waals surface area (Å²) in [5.74, 6) is 0. The van der Waals surface area contributed by atoms with Crippen molar-refractivity contribution in [3.8, 4) is 0 Å². The number of hydrogen-bond donors (Lipinski definition) is 0. The van der Waals surface area contributed by atoms with E-state index in [1.807, 2.05) is 0 Å². The Labute approximate surface area is 84.3 Å². The molecule has 0 nitrogen and oxygen atoms in total. The molecule has 0 saturated heterocycles. The molecule has 1 rings (SSSR count). The molecule has 0 radical (unpaired) electrons. The van der Waals surface area contributed by atoms with Crippen molar-refractivity contribution in [3.05, 3.63) is 35.4 Å². The normalized spacial score (nSPS) is 10.0. The monoisotopic (exact) mass is 276 g/mol. The maximum absolute atomic E-state index is 3.41. The molecular formula is C9H10Br2. The summed E-state index contributed by atoms with van der Waals surface area (Å²) >= 11 is 6.82. The number of halogens is 2. The van der Waals surface area contributed by atoms with Crippen LogP contribution in [-0.4, -0.2) is 5.33 Å². The molecule has 0 aliphatic rings. The summed E-state index contributed by atoms with van der Waals surface area (Å²) in [4.78, 5) is 0. The van der Waals surface area contributed by atoms with E-state index in [1.54, 1.807) is 0 Å². The lowest BCUT2D eigenvalue weighted by Crippen LogP contribution is -1.85. The second kappa shape index (κ2) is 4.94. The van der Waals surface area contributed by atoms with Crippen molar-refractivity contribution in [2.24, 2.45) is 0 Å². The van der Waals surface area contributed by atoms with Gasteiger partial charge in [-0.15, -0.1) is 0 Å². The lowest BCUT2D eigenvalue weighted by atomic mass is 10.1. The molecule has 1 aromatic carbocycles. The zero-order chi connectivity index (χ0) is 8.10. The summed E-state index contributed by atoms with van der Waals surface area (Å²) in [6.07, 6.45) is 1.11. The molecule has 0 aliphatic carbocycles. The lowest BCUT2D eigenvalue weighted by Gasteiger charge is -1.98. The highest BCUT2D eigenvalue weighted by Gasteiger charge is 1.91. The Bertz CT molecular complexity index is 203. The van der Waals surface area contributed by atoms with Gasteiger partial charge in [0.25, 0.3) is 0 Å². The van der Waals surface area contributed by atoms with Crippen molar-refractivity contribution in [1.82, 2.24) is 0 Å². The third-order valence-electron chi connectivity index (χ3n) is 1.56. The van der Waals surface area contributed by atoms with E-state index in [0.717, 1.165) is 17.1 Å². The highest BCUT2D eigenvalue weighted by molar-refractivity contribution is 9.09. The summed E-state index contributed by atoms with van der Waals surface area (Å²) in [5.41, 5.74) is 2.73. The van der Waals surface area contributed by atoms with Gasteiger partial charge in [-0.3, -0.25) is 0 Å². The molecule has 0 saturated carbocycles. The average Bonchev–Trinajstić information content (AvgIpc) is 2.07. The molecule has 1 aromatic rings. The second-order valence-electron chi connectivity index (χ2n) is 2.39. The summed E-state index contributed by atoms with van der Waals surface area (Å²) < 4.78 is 0. The van der Waals surface area contributed by atoms with Gasteiger partial charge in [0.15, 0.2) is 0 Å². The van der Waals surface area contributed by atoms with Gasteiger partial charge in [0.2, 0.25) is 0 Å². The van der Waals surface area contributed by atoms with Crippen LogP contribution in [-0.2, 0) is 11.8 Å². The van der Waals surface area contributed by atoms with Crippen LogP contribution in [0.2, 0.25) is 0 Å². The Morgan fingerprint density at radius 1 is 0.909 bits per heavy atom. The number of aryl methyl sites for hydroxylation is 1. The second-order valence-corrected chi connectivity index (χ2v) is 3.74. The van der Waals surface area contributed by atoms with E-state index in [4.69, 9.17) is 0 Å². The van der Waals surface area contributed by atoms with Gasteiger partial charge in [-0.05, 0) is 17.5 Å². The molecule has 11 heavy (non-hydrogen) atoms. The third kappa shape index (κ3) is 2.96. The van der Waals surface area contributed by atoms with Gasteiger partial charge >= 0.3 is 0 Å². The topological polar surface area (TPSA) is 0 Å². The van der Waals surface area contributed by atoms with Crippen LogP contribution >= 0.6 is 31.9 Å². The third-order valence-corrected chi connectivity index (χ3v) is 2.60. The smallest absolute Gasteiger partial charge is 0.0283 e. The molecule has 0 aromatic heterocycles. The maximum atomic E-state index is 3.41. The number of hydrogen-bond acceptors (Lipinski definition) is 0. The van der Waals surface area contributed by atoms with Gasteiger partial charge in [0.1, 0.15) is 0 Å². The Morgan fingerprint density at radius 3 is 1.91 bits per heavy atom. The quantitative estimate of drug-likeness (QED) is 0.742. The first-order valence-corrected chi connectivity index (χ1v) is 5.81. The van der Waals surface area contributed by atoms with Crippen molar-refractivity contribution in [3.63, 3.8) is 0 Å². The minimum absolute atomic E-state index is 0.946. The van der Waals surface area contributed by atoms with Gasteiger partial charge in [0.05, 0.1) is 0 Å². The van der Waals surface area contributed by atoms with E-state index in [0.29, 0.717) is 0 Å². The van der Waals surface area contributed by atoms with Crippen LogP contribution in [0.15, 0.2) is 24.3 Å². The Morgan fingerprint density at radius 2 is 1.45 bits per heavy atom. The van der Waals surface area contributed by atoms with Gasteiger partial charge in [-0.1, -0.05) is 56.1 Å². The van der Waals surface area contributed by atoms with E-state index < -0.39 is 0 Å². The molecule has 2 heteroatoms. The molecule has 0 fully saturated rings. The van der Waals surface area contributed by atoms with Crippen molar-refractivity contribution in [2.45, 2.75) is 11.8 Å². The van der Waals surface area contributed by atoms with Crippen molar-refractivity contribution < 1.29 is 0 Å². The fourth-order valence-electron chi connectivity index (χ4n) is 0.904. The zero-order valence-corrected chi connectivity index (χ0v) is 9.36. The van der Waals surface area contributed by atoms with Gasteiger partial charge in [0, 0.05) is 10.7 Å². The van der Waals surface area contributed by atoms with E-state index in [1.165, 1.54) is 11.1 Å². The highest BCUT2D eigenvalue weighted by Crippen LogP contribution is 2.08. The summed E-state index contributed by atoms with van der Waals surface area (Å²) in [7, 11) is 0. The summed E-state index contributed by atoms with van der Waals surface area (Å²) in [6.45, 7) is 0. The number of benzene rings is 1. The highest BCUT2D eigenvalue weighted by atomic mass is 79.9. The zero-order valence-electron chi connectivity index (χ0n) is 6.19. The van der Waals surface area contributed by atoms with Crippen LogP contribution in [0.25, 0.3) is 0 Å². The fourth-order valence-corrected chi connectivity index (χ4v) is 1.74. The molecule has 0 N–H and O–H groups in total. The molecule has 0 amide bonds. The number of rotatable bonds is 3. The molecule has 0 spiro atoms. The minimum atomic E-state index is 0.946. The van der Waals surface area contributed by atoms with E-state index in [-0.39, 0.29) is 0 Å². The van der Waals surface area contributed by atoms with Gasteiger partial charge in [-0.2, -0.15) is 0 Å². The largest absolute Gasteiger partial charge is 0.0924 e. The van der Waals surface area contributed by atoms with Crippen LogP contribution in [0, 0.1) is 0 Å².